The van der Waals surface area contributed by atoms with E-state index in [2.05, 4.69) is 21.2 Å². The van der Waals surface area contributed by atoms with Gasteiger partial charge in [-0.05, 0) is 55.8 Å². The topological polar surface area (TPSA) is 58.6 Å². The zero-order valence-electron chi connectivity index (χ0n) is 15.2. The van der Waals surface area contributed by atoms with Gasteiger partial charge in [0.25, 0.3) is 5.91 Å². The fourth-order valence-electron chi connectivity index (χ4n) is 2.45. The van der Waals surface area contributed by atoms with Crippen molar-refractivity contribution in [2.45, 2.75) is 26.4 Å². The first kappa shape index (κ1) is 20.9. The van der Waals surface area contributed by atoms with Crippen molar-refractivity contribution in [3.05, 3.63) is 64.4 Å². The van der Waals surface area contributed by atoms with Crippen molar-refractivity contribution in [2.75, 3.05) is 13.2 Å². The van der Waals surface area contributed by atoms with Crippen molar-refractivity contribution in [1.82, 2.24) is 10.2 Å². The molecule has 0 aliphatic rings. The molecule has 2 aromatic carbocycles. The Morgan fingerprint density at radius 2 is 1.78 bits per heavy atom. The maximum absolute atomic E-state index is 13.1. The maximum atomic E-state index is 13.1. The van der Waals surface area contributed by atoms with Crippen molar-refractivity contribution in [3.63, 3.8) is 0 Å². The average molecular weight is 437 g/mol. The summed E-state index contributed by atoms with van der Waals surface area (Å²) >= 11 is 3.34. The number of nitrogens with zero attached hydrogens (tertiary/aromatic N) is 1. The highest BCUT2D eigenvalue weighted by Gasteiger charge is 2.26. The van der Waals surface area contributed by atoms with E-state index >= 15 is 0 Å². The van der Waals surface area contributed by atoms with Crippen molar-refractivity contribution in [1.29, 1.82) is 0 Å². The highest BCUT2D eigenvalue weighted by Crippen LogP contribution is 2.17. The lowest BCUT2D eigenvalue weighted by molar-refractivity contribution is -0.142. The summed E-state index contributed by atoms with van der Waals surface area (Å²) in [6.07, 6.45) is 0. The molecule has 5 nitrogen and oxygen atoms in total. The van der Waals surface area contributed by atoms with Gasteiger partial charge in [0.15, 0.2) is 6.61 Å². The first-order chi connectivity index (χ1) is 12.9. The zero-order chi connectivity index (χ0) is 19.8. The third kappa shape index (κ3) is 6.36. The van der Waals surface area contributed by atoms with Crippen LogP contribution in [0.15, 0.2) is 53.0 Å². The number of halogens is 2. The van der Waals surface area contributed by atoms with Gasteiger partial charge in [-0.3, -0.25) is 9.59 Å². The smallest absolute Gasteiger partial charge is 0.261 e. The summed E-state index contributed by atoms with van der Waals surface area (Å²) in [7, 11) is 0. The molecule has 0 bridgehead atoms. The predicted octanol–water partition coefficient (Wildman–Crippen LogP) is 3.52. The second-order valence-corrected chi connectivity index (χ2v) is 6.88. The summed E-state index contributed by atoms with van der Waals surface area (Å²) in [5, 5.41) is 2.72. The van der Waals surface area contributed by atoms with E-state index in [0.717, 1.165) is 10.0 Å². The lowest BCUT2D eigenvalue weighted by Crippen LogP contribution is -2.49. The van der Waals surface area contributed by atoms with Crippen LogP contribution in [0.2, 0.25) is 0 Å². The molecule has 0 saturated heterocycles. The van der Waals surface area contributed by atoms with Gasteiger partial charge in [-0.25, -0.2) is 4.39 Å². The van der Waals surface area contributed by atoms with Gasteiger partial charge < -0.3 is 15.0 Å². The molecular formula is C20H22BrFN2O3. The number of ether oxygens (including phenoxy) is 1. The first-order valence-electron chi connectivity index (χ1n) is 8.60. The number of carbonyl (C=O) groups is 2. The summed E-state index contributed by atoms with van der Waals surface area (Å²) in [6.45, 7) is 3.92. The molecule has 1 N–H and O–H groups in total. The summed E-state index contributed by atoms with van der Waals surface area (Å²) in [4.78, 5) is 26.4. The molecule has 27 heavy (non-hydrogen) atoms. The standard InChI is InChI=1S/C20H22BrFN2O3/c1-3-23-20(26)14(2)24(12-15-4-8-17(22)9-5-15)19(25)13-27-18-10-6-16(21)7-11-18/h4-11,14H,3,12-13H2,1-2H3,(H,23,26)/t14-/m1/s1. The SMILES string of the molecule is CCNC(=O)[C@@H](C)N(Cc1ccc(F)cc1)C(=O)COc1ccc(Br)cc1. The number of nitrogens with one attached hydrogen (secondary N) is 1. The van der Waals surface area contributed by atoms with E-state index in [9.17, 15) is 14.0 Å². The zero-order valence-corrected chi connectivity index (χ0v) is 16.8. The fourth-order valence-corrected chi connectivity index (χ4v) is 2.71. The minimum Gasteiger partial charge on any atom is -0.484 e. The van der Waals surface area contributed by atoms with Crippen LogP contribution >= 0.6 is 15.9 Å². The monoisotopic (exact) mass is 436 g/mol. The van der Waals surface area contributed by atoms with E-state index in [1.165, 1.54) is 17.0 Å². The van der Waals surface area contributed by atoms with Crippen molar-refractivity contribution in [3.8, 4) is 5.75 Å². The Bertz CT molecular complexity index is 766. The second kappa shape index (κ2) is 10.1. The van der Waals surface area contributed by atoms with Crippen LogP contribution in [0.3, 0.4) is 0 Å². The second-order valence-electron chi connectivity index (χ2n) is 5.96. The Morgan fingerprint density at radius 3 is 2.37 bits per heavy atom. The molecule has 0 heterocycles. The number of hydrogen-bond donors (Lipinski definition) is 1. The lowest BCUT2D eigenvalue weighted by atomic mass is 10.1. The molecule has 0 aromatic heterocycles. The molecule has 0 aliphatic heterocycles. The van der Waals surface area contributed by atoms with Gasteiger partial charge in [0.1, 0.15) is 17.6 Å². The van der Waals surface area contributed by atoms with Gasteiger partial charge in [0.2, 0.25) is 5.91 Å². The van der Waals surface area contributed by atoms with Crippen LogP contribution < -0.4 is 10.1 Å². The number of carbonyl (C=O) groups excluding carboxylic acids is 2. The van der Waals surface area contributed by atoms with Gasteiger partial charge in [-0.1, -0.05) is 28.1 Å². The molecule has 0 fully saturated rings. The Labute approximate surface area is 166 Å². The Hall–Kier alpha value is -2.41. The van der Waals surface area contributed by atoms with Crippen LogP contribution in [0.1, 0.15) is 19.4 Å². The largest absolute Gasteiger partial charge is 0.484 e. The first-order valence-corrected chi connectivity index (χ1v) is 9.40. The highest BCUT2D eigenvalue weighted by atomic mass is 79.9. The van der Waals surface area contributed by atoms with Crippen LogP contribution in [0.25, 0.3) is 0 Å². The number of amides is 2. The van der Waals surface area contributed by atoms with Crippen molar-refractivity contribution >= 4 is 27.7 Å². The predicted molar refractivity (Wildman–Crippen MR) is 105 cm³/mol. The van der Waals surface area contributed by atoms with Gasteiger partial charge in [0.05, 0.1) is 0 Å². The van der Waals surface area contributed by atoms with Crippen LogP contribution in [-0.2, 0) is 16.1 Å². The molecule has 0 saturated carbocycles. The van der Waals surface area contributed by atoms with Crippen LogP contribution in [0.5, 0.6) is 5.75 Å². The maximum Gasteiger partial charge on any atom is 0.261 e. The molecule has 7 heteroatoms. The summed E-state index contributed by atoms with van der Waals surface area (Å²) in [6, 6.07) is 12.3. The van der Waals surface area contributed by atoms with Gasteiger partial charge in [-0.15, -0.1) is 0 Å². The summed E-state index contributed by atoms with van der Waals surface area (Å²) < 4.78 is 19.6. The molecule has 0 unspecified atom stereocenters. The molecule has 2 rings (SSSR count). The lowest BCUT2D eigenvalue weighted by Gasteiger charge is -2.28. The molecule has 144 valence electrons. The van der Waals surface area contributed by atoms with Gasteiger partial charge in [0, 0.05) is 17.6 Å². The summed E-state index contributed by atoms with van der Waals surface area (Å²) in [5.74, 6) is -0.386. The van der Waals surface area contributed by atoms with Crippen LogP contribution in [-0.4, -0.2) is 35.9 Å². The quantitative estimate of drug-likeness (QED) is 0.688. The number of benzene rings is 2. The highest BCUT2D eigenvalue weighted by molar-refractivity contribution is 9.10. The fraction of sp³-hybridized carbons (Fsp3) is 0.300. The van der Waals surface area contributed by atoms with Gasteiger partial charge in [-0.2, -0.15) is 0 Å². The number of rotatable bonds is 8. The normalized spacial score (nSPS) is 11.6. The molecule has 0 aliphatic carbocycles. The number of likely N-dealkylation sites (N-methyl/N-ethyl adjacent to an activating group) is 1. The molecule has 2 amide bonds. The Balaban J connectivity index is 2.11. The molecule has 0 spiro atoms. The van der Waals surface area contributed by atoms with Gasteiger partial charge >= 0.3 is 0 Å². The van der Waals surface area contributed by atoms with E-state index in [4.69, 9.17) is 4.74 Å². The van der Waals surface area contributed by atoms with Crippen molar-refractivity contribution < 1.29 is 18.7 Å². The third-order valence-corrected chi connectivity index (χ3v) is 4.49. The Kier molecular flexibility index (Phi) is 7.79. The molecule has 2 aromatic rings. The minimum absolute atomic E-state index is 0.182. The van der Waals surface area contributed by atoms with E-state index in [0.29, 0.717) is 12.3 Å². The summed E-state index contributed by atoms with van der Waals surface area (Å²) in [5.41, 5.74) is 0.726. The third-order valence-electron chi connectivity index (χ3n) is 3.96. The Morgan fingerprint density at radius 1 is 1.15 bits per heavy atom. The van der Waals surface area contributed by atoms with E-state index in [1.54, 1.807) is 31.2 Å². The average Bonchev–Trinajstić information content (AvgIpc) is 2.66. The number of hydrogen-bond acceptors (Lipinski definition) is 3. The molecule has 0 radical (unpaired) electrons. The minimum atomic E-state index is -0.684. The van der Waals surface area contributed by atoms with E-state index in [-0.39, 0.29) is 30.8 Å². The molecule has 1 atom stereocenters. The van der Waals surface area contributed by atoms with Crippen molar-refractivity contribution in [2.24, 2.45) is 0 Å². The van der Waals surface area contributed by atoms with E-state index < -0.39 is 6.04 Å². The molecular weight excluding hydrogens is 415 g/mol. The van der Waals surface area contributed by atoms with E-state index in [1.807, 2.05) is 19.1 Å². The van der Waals surface area contributed by atoms with Crippen LogP contribution in [0, 0.1) is 5.82 Å². The van der Waals surface area contributed by atoms with Crippen LogP contribution in [0.4, 0.5) is 4.39 Å².